The van der Waals surface area contributed by atoms with Crippen LogP contribution in [0.3, 0.4) is 0 Å². The van der Waals surface area contributed by atoms with Crippen LogP contribution in [-0.2, 0) is 10.0 Å². The normalized spacial score (nSPS) is 12.3. The van der Waals surface area contributed by atoms with E-state index in [0.717, 1.165) is 13.1 Å². The molecule has 0 spiro atoms. The van der Waals surface area contributed by atoms with E-state index in [2.05, 4.69) is 18.7 Å². The van der Waals surface area contributed by atoms with Gasteiger partial charge in [-0.25, -0.2) is 8.42 Å². The van der Waals surface area contributed by atoms with Crippen molar-refractivity contribution in [3.05, 3.63) is 42.1 Å². The van der Waals surface area contributed by atoms with Crippen LogP contribution >= 0.6 is 0 Å². The monoisotopic (exact) mass is 381 g/mol. The Morgan fingerprint density at radius 3 is 2.23 bits per heavy atom. The molecule has 6 nitrogen and oxygen atoms in total. The average Bonchev–Trinajstić information content (AvgIpc) is 2.63. The molecule has 0 saturated carbocycles. The van der Waals surface area contributed by atoms with Crippen LogP contribution in [0.1, 0.15) is 31.1 Å². The highest BCUT2D eigenvalue weighted by Crippen LogP contribution is 2.18. The fraction of sp³-hybridized carbons (Fsp3) is 0.526. The maximum absolute atomic E-state index is 13.0. The first-order valence-corrected chi connectivity index (χ1v) is 10.4. The Morgan fingerprint density at radius 1 is 1.04 bits per heavy atom. The van der Waals surface area contributed by atoms with E-state index in [1.54, 1.807) is 29.3 Å². The molecule has 0 unspecified atom stereocenters. The lowest BCUT2D eigenvalue weighted by Gasteiger charge is -2.25. The number of sulfonamides is 1. The van der Waals surface area contributed by atoms with Crippen LogP contribution in [0.2, 0.25) is 0 Å². The first-order valence-electron chi connectivity index (χ1n) is 8.97. The van der Waals surface area contributed by atoms with Crippen LogP contribution in [0.5, 0.6) is 0 Å². The number of nitrogens with zero attached hydrogens (tertiary/aromatic N) is 3. The first-order chi connectivity index (χ1) is 12.3. The molecule has 7 heteroatoms. The number of ketones is 1. The number of rotatable bonds is 11. The van der Waals surface area contributed by atoms with E-state index in [9.17, 15) is 13.2 Å². The highest BCUT2D eigenvalue weighted by Gasteiger charge is 2.24. The Labute approximate surface area is 158 Å². The van der Waals surface area contributed by atoms with Crippen molar-refractivity contribution in [1.29, 1.82) is 0 Å². The molecule has 26 heavy (non-hydrogen) atoms. The summed E-state index contributed by atoms with van der Waals surface area (Å²) in [5, 5.41) is 0. The topological polar surface area (TPSA) is 60.9 Å². The molecule has 0 radical (unpaired) electrons. The Hall–Kier alpha value is -1.70. The molecule has 0 atom stereocenters. The van der Waals surface area contributed by atoms with Crippen LogP contribution in [0, 0.1) is 0 Å². The maximum atomic E-state index is 13.0. The molecule has 0 heterocycles. The van der Waals surface area contributed by atoms with Crippen LogP contribution < -0.4 is 0 Å². The van der Waals surface area contributed by atoms with Gasteiger partial charge in [0.1, 0.15) is 0 Å². The molecular weight excluding hydrogens is 350 g/mol. The van der Waals surface area contributed by atoms with E-state index in [-0.39, 0.29) is 10.7 Å². The molecule has 1 aromatic carbocycles. The molecule has 0 N–H and O–H groups in total. The van der Waals surface area contributed by atoms with Crippen molar-refractivity contribution < 1.29 is 13.2 Å². The van der Waals surface area contributed by atoms with Crippen LogP contribution in [0.4, 0.5) is 0 Å². The number of carbonyl (C=O) groups is 1. The summed E-state index contributed by atoms with van der Waals surface area (Å²) in [5.41, 5.74) is 0.365. The molecule has 0 fully saturated rings. The smallest absolute Gasteiger partial charge is 0.243 e. The molecule has 0 saturated heterocycles. The highest BCUT2D eigenvalue weighted by molar-refractivity contribution is 7.89. The van der Waals surface area contributed by atoms with Gasteiger partial charge in [0.05, 0.1) is 4.90 Å². The Morgan fingerprint density at radius 2 is 1.69 bits per heavy atom. The van der Waals surface area contributed by atoms with Crippen molar-refractivity contribution in [2.24, 2.45) is 0 Å². The largest absolute Gasteiger partial charge is 0.383 e. The number of hydrogen-bond donors (Lipinski definition) is 0. The standard InChI is InChI=1S/C19H31N3O3S/c1-6-21(7-2)14-15-22(8-3)26(24,25)18-11-9-10-17(16-18)19(23)12-13-20(4)5/h9-13,16H,6-8,14-15H2,1-5H3. The van der Waals surface area contributed by atoms with Crippen molar-refractivity contribution in [2.45, 2.75) is 25.7 Å². The van der Waals surface area contributed by atoms with Crippen molar-refractivity contribution in [2.75, 3.05) is 46.8 Å². The minimum atomic E-state index is -3.63. The molecule has 0 aliphatic heterocycles. The van der Waals surface area contributed by atoms with E-state index >= 15 is 0 Å². The number of allylic oxidation sites excluding steroid dienone is 1. The number of likely N-dealkylation sites (N-methyl/N-ethyl adjacent to an activating group) is 2. The van der Waals surface area contributed by atoms with Crippen molar-refractivity contribution in [3.8, 4) is 0 Å². The van der Waals surface area contributed by atoms with Gasteiger partial charge < -0.3 is 9.80 Å². The van der Waals surface area contributed by atoms with Crippen LogP contribution in [0.25, 0.3) is 0 Å². The summed E-state index contributed by atoms with van der Waals surface area (Å²) in [6.07, 6.45) is 3.08. The lowest BCUT2D eigenvalue weighted by atomic mass is 10.1. The average molecular weight is 382 g/mol. The molecule has 0 aliphatic carbocycles. The molecule has 0 aromatic heterocycles. The molecule has 0 bridgehead atoms. The number of carbonyl (C=O) groups excluding carboxylic acids is 1. The summed E-state index contributed by atoms with van der Waals surface area (Å²) >= 11 is 0. The maximum Gasteiger partial charge on any atom is 0.243 e. The van der Waals surface area contributed by atoms with Gasteiger partial charge in [0.25, 0.3) is 0 Å². The second-order valence-electron chi connectivity index (χ2n) is 6.20. The fourth-order valence-corrected chi connectivity index (χ4v) is 4.00. The summed E-state index contributed by atoms with van der Waals surface area (Å²) in [4.78, 5) is 16.3. The zero-order valence-corrected chi connectivity index (χ0v) is 17.3. The second-order valence-corrected chi connectivity index (χ2v) is 8.13. The molecular formula is C19H31N3O3S. The molecule has 0 aliphatic rings. The first kappa shape index (κ1) is 22.3. The minimum Gasteiger partial charge on any atom is -0.383 e. The van der Waals surface area contributed by atoms with Gasteiger partial charge in [-0.2, -0.15) is 4.31 Å². The van der Waals surface area contributed by atoms with Gasteiger partial charge in [0.2, 0.25) is 10.0 Å². The SMILES string of the molecule is CCN(CC)CCN(CC)S(=O)(=O)c1cccc(C(=O)C=CN(C)C)c1. The zero-order valence-electron chi connectivity index (χ0n) is 16.5. The van der Waals surface area contributed by atoms with Crippen LogP contribution in [0.15, 0.2) is 41.4 Å². The summed E-state index contributed by atoms with van der Waals surface area (Å²) < 4.78 is 27.4. The van der Waals surface area contributed by atoms with E-state index in [1.165, 1.54) is 16.4 Å². The van der Waals surface area contributed by atoms with E-state index in [1.807, 2.05) is 21.0 Å². The van der Waals surface area contributed by atoms with E-state index < -0.39 is 10.0 Å². The zero-order chi connectivity index (χ0) is 19.7. The van der Waals surface area contributed by atoms with Crippen molar-refractivity contribution >= 4 is 15.8 Å². The third-order valence-corrected chi connectivity index (χ3v) is 6.16. The number of benzene rings is 1. The van der Waals surface area contributed by atoms with Gasteiger partial charge in [-0.05, 0) is 25.2 Å². The predicted molar refractivity (Wildman–Crippen MR) is 106 cm³/mol. The second kappa shape index (κ2) is 10.4. The Bertz CT molecular complexity index is 710. The third-order valence-electron chi connectivity index (χ3n) is 4.19. The third kappa shape index (κ3) is 6.23. The molecule has 1 rings (SSSR count). The van der Waals surface area contributed by atoms with Crippen molar-refractivity contribution in [1.82, 2.24) is 14.1 Å². The minimum absolute atomic E-state index is 0.156. The predicted octanol–water partition coefficient (Wildman–Crippen LogP) is 2.30. The molecule has 146 valence electrons. The summed E-state index contributed by atoms with van der Waals surface area (Å²) in [7, 11) is 0.00765. The molecule has 0 amide bonds. The highest BCUT2D eigenvalue weighted by atomic mass is 32.2. The fourth-order valence-electron chi connectivity index (χ4n) is 2.51. The lowest BCUT2D eigenvalue weighted by molar-refractivity contribution is 0.104. The summed E-state index contributed by atoms with van der Waals surface area (Å²) in [6, 6.07) is 6.25. The summed E-state index contributed by atoms with van der Waals surface area (Å²) in [6.45, 7) is 9.22. The quantitative estimate of drug-likeness (QED) is 0.435. The van der Waals surface area contributed by atoms with Gasteiger partial charge in [-0.3, -0.25) is 4.79 Å². The number of hydrogen-bond acceptors (Lipinski definition) is 5. The van der Waals surface area contributed by atoms with Gasteiger partial charge in [-0.15, -0.1) is 0 Å². The van der Waals surface area contributed by atoms with E-state index in [4.69, 9.17) is 0 Å². The Kier molecular flexibility index (Phi) is 8.98. The van der Waals surface area contributed by atoms with Gasteiger partial charge in [0, 0.05) is 51.6 Å². The van der Waals surface area contributed by atoms with E-state index in [0.29, 0.717) is 25.2 Å². The summed E-state index contributed by atoms with van der Waals surface area (Å²) in [5.74, 6) is -0.220. The van der Waals surface area contributed by atoms with Crippen LogP contribution in [-0.4, -0.2) is 75.1 Å². The Balaban J connectivity index is 3.03. The molecule has 1 aromatic rings. The van der Waals surface area contributed by atoms with Gasteiger partial charge in [0.15, 0.2) is 5.78 Å². The van der Waals surface area contributed by atoms with Crippen molar-refractivity contribution in [3.63, 3.8) is 0 Å². The van der Waals surface area contributed by atoms with Gasteiger partial charge in [-0.1, -0.05) is 32.9 Å². The lowest BCUT2D eigenvalue weighted by Crippen LogP contribution is -2.38. The van der Waals surface area contributed by atoms with Gasteiger partial charge >= 0.3 is 0 Å².